The van der Waals surface area contributed by atoms with Crippen LogP contribution in [0.3, 0.4) is 0 Å². The van der Waals surface area contributed by atoms with Gasteiger partial charge in [-0.1, -0.05) is 34.6 Å². The SMILES string of the molecule is CC(C)CCN(CC(=O)NO)C(=O)CC(C)(C)C. The molecule has 2 amide bonds. The Labute approximate surface area is 109 Å². The van der Waals surface area contributed by atoms with Gasteiger partial charge in [-0.15, -0.1) is 0 Å². The fraction of sp³-hybridized carbons (Fsp3) is 0.846. The zero-order chi connectivity index (χ0) is 14.3. The maximum Gasteiger partial charge on any atom is 0.262 e. The molecule has 5 nitrogen and oxygen atoms in total. The lowest BCUT2D eigenvalue weighted by Gasteiger charge is -2.26. The second-order valence-electron chi connectivity index (χ2n) is 6.27. The Morgan fingerprint density at radius 1 is 1.28 bits per heavy atom. The van der Waals surface area contributed by atoms with Gasteiger partial charge in [0.05, 0.1) is 0 Å². The summed E-state index contributed by atoms with van der Waals surface area (Å²) in [6.07, 6.45) is 1.23. The Morgan fingerprint density at radius 3 is 2.22 bits per heavy atom. The van der Waals surface area contributed by atoms with Gasteiger partial charge < -0.3 is 4.90 Å². The molecule has 2 N–H and O–H groups in total. The summed E-state index contributed by atoms with van der Waals surface area (Å²) in [4.78, 5) is 24.8. The molecule has 0 rings (SSSR count). The van der Waals surface area contributed by atoms with Crippen molar-refractivity contribution < 1.29 is 14.8 Å². The topological polar surface area (TPSA) is 69.6 Å². The first-order chi connectivity index (χ1) is 8.15. The lowest BCUT2D eigenvalue weighted by atomic mass is 9.91. The smallest absolute Gasteiger partial charge is 0.262 e. The van der Waals surface area contributed by atoms with Gasteiger partial charge in [0, 0.05) is 13.0 Å². The fourth-order valence-corrected chi connectivity index (χ4v) is 1.48. The molecule has 106 valence electrons. The Hall–Kier alpha value is -1.10. The lowest BCUT2D eigenvalue weighted by Crippen LogP contribution is -2.41. The highest BCUT2D eigenvalue weighted by molar-refractivity contribution is 5.84. The normalized spacial score (nSPS) is 11.5. The molecule has 0 bridgehead atoms. The van der Waals surface area contributed by atoms with Gasteiger partial charge in [0.15, 0.2) is 0 Å². The van der Waals surface area contributed by atoms with Gasteiger partial charge in [0.1, 0.15) is 6.54 Å². The number of hydrogen-bond donors (Lipinski definition) is 2. The molecule has 18 heavy (non-hydrogen) atoms. The van der Waals surface area contributed by atoms with Gasteiger partial charge in [-0.25, -0.2) is 5.48 Å². The summed E-state index contributed by atoms with van der Waals surface area (Å²) < 4.78 is 0. The van der Waals surface area contributed by atoms with E-state index in [9.17, 15) is 9.59 Å². The van der Waals surface area contributed by atoms with E-state index >= 15 is 0 Å². The lowest BCUT2D eigenvalue weighted by molar-refractivity contribution is -0.140. The first-order valence-electron chi connectivity index (χ1n) is 6.36. The van der Waals surface area contributed by atoms with Crippen LogP contribution < -0.4 is 5.48 Å². The van der Waals surface area contributed by atoms with E-state index < -0.39 is 5.91 Å². The Kier molecular flexibility index (Phi) is 6.91. The van der Waals surface area contributed by atoms with Crippen LogP contribution in [0.5, 0.6) is 0 Å². The van der Waals surface area contributed by atoms with Crippen LogP contribution >= 0.6 is 0 Å². The van der Waals surface area contributed by atoms with Crippen molar-refractivity contribution in [3.63, 3.8) is 0 Å². The molecule has 0 atom stereocenters. The molecule has 0 saturated heterocycles. The van der Waals surface area contributed by atoms with Gasteiger partial charge in [0.2, 0.25) is 5.91 Å². The number of amides is 2. The maximum absolute atomic E-state index is 12.1. The summed E-state index contributed by atoms with van der Waals surface area (Å²) in [5.74, 6) is -0.139. The van der Waals surface area contributed by atoms with Gasteiger partial charge in [0.25, 0.3) is 5.91 Å². The van der Waals surface area contributed by atoms with E-state index in [1.807, 2.05) is 20.8 Å². The van der Waals surface area contributed by atoms with Crippen LogP contribution in [-0.4, -0.2) is 35.0 Å². The van der Waals surface area contributed by atoms with Crippen molar-refractivity contribution >= 4 is 11.8 Å². The summed E-state index contributed by atoms with van der Waals surface area (Å²) >= 11 is 0. The average Bonchev–Trinajstić information content (AvgIpc) is 2.20. The summed E-state index contributed by atoms with van der Waals surface area (Å²) in [5.41, 5.74) is 1.46. The van der Waals surface area contributed by atoms with E-state index in [1.54, 1.807) is 5.48 Å². The van der Waals surface area contributed by atoms with E-state index in [0.717, 1.165) is 6.42 Å². The number of nitrogens with one attached hydrogen (secondary N) is 1. The number of rotatable bonds is 6. The summed E-state index contributed by atoms with van der Waals surface area (Å²) in [7, 11) is 0. The van der Waals surface area contributed by atoms with E-state index in [2.05, 4.69) is 13.8 Å². The number of carbonyl (C=O) groups is 2. The minimum Gasteiger partial charge on any atom is -0.333 e. The second kappa shape index (κ2) is 7.36. The molecule has 0 aliphatic rings. The van der Waals surface area contributed by atoms with E-state index in [4.69, 9.17) is 5.21 Å². The van der Waals surface area contributed by atoms with Gasteiger partial charge >= 0.3 is 0 Å². The fourth-order valence-electron chi connectivity index (χ4n) is 1.48. The van der Waals surface area contributed by atoms with Gasteiger partial charge in [-0.05, 0) is 17.8 Å². The third kappa shape index (κ3) is 8.06. The molecule has 0 radical (unpaired) electrons. The Balaban J connectivity index is 4.53. The molecule has 0 saturated carbocycles. The maximum atomic E-state index is 12.1. The van der Waals surface area contributed by atoms with Gasteiger partial charge in [-0.3, -0.25) is 14.8 Å². The van der Waals surface area contributed by atoms with Crippen LogP contribution in [0.15, 0.2) is 0 Å². The molecule has 0 fully saturated rings. The summed E-state index contributed by atoms with van der Waals surface area (Å²) in [5, 5.41) is 8.54. The molecule has 0 unspecified atom stereocenters. The molecule has 0 aromatic heterocycles. The molecule has 0 aromatic carbocycles. The zero-order valence-corrected chi connectivity index (χ0v) is 12.1. The third-order valence-electron chi connectivity index (χ3n) is 2.47. The van der Waals surface area contributed by atoms with Crippen molar-refractivity contribution in [1.82, 2.24) is 10.4 Å². The molecule has 0 aromatic rings. The van der Waals surface area contributed by atoms with Crippen LogP contribution in [0.1, 0.15) is 47.5 Å². The van der Waals surface area contributed by atoms with Gasteiger partial charge in [-0.2, -0.15) is 0 Å². The zero-order valence-electron chi connectivity index (χ0n) is 12.1. The molecule has 0 heterocycles. The standard InChI is InChI=1S/C13H26N2O3/c1-10(2)6-7-15(9-11(16)14-18)12(17)8-13(3,4)5/h10,18H,6-9H2,1-5H3,(H,14,16). The van der Waals surface area contributed by atoms with Crippen LogP contribution in [-0.2, 0) is 9.59 Å². The van der Waals surface area contributed by atoms with Crippen LogP contribution in [0.4, 0.5) is 0 Å². The van der Waals surface area contributed by atoms with E-state index in [-0.39, 0.29) is 17.9 Å². The van der Waals surface area contributed by atoms with Crippen molar-refractivity contribution in [2.45, 2.75) is 47.5 Å². The monoisotopic (exact) mass is 258 g/mol. The third-order valence-corrected chi connectivity index (χ3v) is 2.47. The number of hydrogen-bond acceptors (Lipinski definition) is 3. The minimum atomic E-state index is -0.555. The first kappa shape index (κ1) is 16.9. The highest BCUT2D eigenvalue weighted by Gasteiger charge is 2.22. The number of nitrogens with zero attached hydrogens (tertiary/aromatic N) is 1. The second-order valence-corrected chi connectivity index (χ2v) is 6.27. The van der Waals surface area contributed by atoms with E-state index in [0.29, 0.717) is 18.9 Å². The van der Waals surface area contributed by atoms with Crippen molar-refractivity contribution in [2.75, 3.05) is 13.1 Å². The van der Waals surface area contributed by atoms with Crippen LogP contribution in [0.2, 0.25) is 0 Å². The highest BCUT2D eigenvalue weighted by Crippen LogP contribution is 2.20. The molecular weight excluding hydrogens is 232 g/mol. The highest BCUT2D eigenvalue weighted by atomic mass is 16.5. The number of hydroxylamine groups is 1. The van der Waals surface area contributed by atoms with Crippen molar-refractivity contribution in [1.29, 1.82) is 0 Å². The van der Waals surface area contributed by atoms with E-state index in [1.165, 1.54) is 4.90 Å². The predicted molar refractivity (Wildman–Crippen MR) is 70.0 cm³/mol. The van der Waals surface area contributed by atoms with Crippen LogP contribution in [0.25, 0.3) is 0 Å². The first-order valence-corrected chi connectivity index (χ1v) is 6.36. The van der Waals surface area contributed by atoms with Crippen molar-refractivity contribution in [3.05, 3.63) is 0 Å². The molecule has 0 aliphatic carbocycles. The number of carbonyl (C=O) groups excluding carboxylic acids is 2. The van der Waals surface area contributed by atoms with Crippen molar-refractivity contribution in [2.24, 2.45) is 11.3 Å². The molecule has 0 spiro atoms. The predicted octanol–water partition coefficient (Wildman–Crippen LogP) is 1.80. The van der Waals surface area contributed by atoms with Crippen LogP contribution in [0, 0.1) is 11.3 Å². The summed E-state index contributed by atoms with van der Waals surface area (Å²) in [6, 6.07) is 0. The molecular formula is C13H26N2O3. The Morgan fingerprint density at radius 2 is 1.83 bits per heavy atom. The quantitative estimate of drug-likeness (QED) is 0.564. The Bertz CT molecular complexity index is 282. The average molecular weight is 258 g/mol. The molecule has 5 heteroatoms. The molecule has 0 aliphatic heterocycles. The van der Waals surface area contributed by atoms with Crippen molar-refractivity contribution in [3.8, 4) is 0 Å². The summed E-state index contributed by atoms with van der Waals surface area (Å²) in [6.45, 7) is 10.5. The minimum absolute atomic E-state index is 0.0493. The largest absolute Gasteiger partial charge is 0.333 e.